The maximum atomic E-state index is 12.3. The maximum absolute atomic E-state index is 12.3. The summed E-state index contributed by atoms with van der Waals surface area (Å²) in [4.78, 5) is 26.0. The van der Waals surface area contributed by atoms with Crippen LogP contribution in [0.4, 0.5) is 0 Å². The summed E-state index contributed by atoms with van der Waals surface area (Å²) in [6, 6.07) is 1.96. The van der Waals surface area contributed by atoms with Crippen LogP contribution in [0.25, 0.3) is 21.6 Å². The van der Waals surface area contributed by atoms with Gasteiger partial charge in [0, 0.05) is 15.8 Å². The first-order chi connectivity index (χ1) is 12.1. The lowest BCUT2D eigenvalue weighted by atomic mass is 10.2. The van der Waals surface area contributed by atoms with E-state index in [1.807, 2.05) is 30.7 Å². The first-order valence-electron chi connectivity index (χ1n) is 7.53. The van der Waals surface area contributed by atoms with Crippen LogP contribution in [0.1, 0.15) is 22.2 Å². The van der Waals surface area contributed by atoms with E-state index in [1.165, 1.54) is 0 Å². The van der Waals surface area contributed by atoms with Crippen LogP contribution in [0.2, 0.25) is 0 Å². The van der Waals surface area contributed by atoms with Gasteiger partial charge in [-0.25, -0.2) is 4.98 Å². The van der Waals surface area contributed by atoms with E-state index >= 15 is 0 Å². The summed E-state index contributed by atoms with van der Waals surface area (Å²) in [5.74, 6) is 2.99. The smallest absolute Gasteiger partial charge is 0.259 e. The monoisotopic (exact) mass is 390 g/mol. The van der Waals surface area contributed by atoms with Crippen LogP contribution in [0.5, 0.6) is 0 Å². The van der Waals surface area contributed by atoms with E-state index in [2.05, 4.69) is 20.1 Å². The minimum atomic E-state index is -0.0695. The van der Waals surface area contributed by atoms with Gasteiger partial charge >= 0.3 is 0 Å². The Hall–Kier alpha value is -1.97. The average molecular weight is 391 g/mol. The largest absolute Gasteiger partial charge is 0.338 e. The van der Waals surface area contributed by atoms with Gasteiger partial charge in [-0.2, -0.15) is 16.3 Å². The number of fused-ring (bicyclic) bond motifs is 1. The number of nitrogens with zero attached hydrogens (tertiary/aromatic N) is 3. The van der Waals surface area contributed by atoms with Gasteiger partial charge in [-0.05, 0) is 30.9 Å². The number of thioether (sulfide) groups is 1. The predicted molar refractivity (Wildman–Crippen MR) is 102 cm³/mol. The number of nitrogens with one attached hydrogen (secondary N) is 1. The molecule has 0 bridgehead atoms. The van der Waals surface area contributed by atoms with Crippen LogP contribution < -0.4 is 5.56 Å². The molecule has 0 aromatic carbocycles. The molecule has 0 saturated carbocycles. The number of hydrogen-bond donors (Lipinski definition) is 1. The van der Waals surface area contributed by atoms with Crippen molar-refractivity contribution >= 4 is 44.7 Å². The van der Waals surface area contributed by atoms with Crippen LogP contribution in [0.15, 0.2) is 26.1 Å². The molecule has 6 nitrogen and oxygen atoms in total. The average Bonchev–Trinajstić information content (AvgIpc) is 3.29. The second kappa shape index (κ2) is 6.74. The highest BCUT2D eigenvalue weighted by molar-refractivity contribution is 7.97. The molecular formula is C16H14N4O2S3. The highest BCUT2D eigenvalue weighted by Gasteiger charge is 2.13. The summed E-state index contributed by atoms with van der Waals surface area (Å²) < 4.78 is 5.27. The lowest BCUT2D eigenvalue weighted by Crippen LogP contribution is -2.10. The Kier molecular flexibility index (Phi) is 4.45. The van der Waals surface area contributed by atoms with E-state index < -0.39 is 0 Å². The van der Waals surface area contributed by atoms with Crippen molar-refractivity contribution in [3.8, 4) is 11.4 Å². The number of hydrogen-bond acceptors (Lipinski definition) is 8. The first-order valence-corrected chi connectivity index (χ1v) is 10.4. The molecule has 4 rings (SSSR count). The zero-order chi connectivity index (χ0) is 17.4. The number of aromatic nitrogens is 4. The number of thiophene rings is 2. The first kappa shape index (κ1) is 16.5. The molecule has 4 heterocycles. The van der Waals surface area contributed by atoms with Crippen molar-refractivity contribution in [3.05, 3.63) is 49.3 Å². The molecule has 0 radical (unpaired) electrons. The Labute approximate surface area is 155 Å². The van der Waals surface area contributed by atoms with Crippen molar-refractivity contribution in [3.63, 3.8) is 0 Å². The van der Waals surface area contributed by atoms with E-state index in [-0.39, 0.29) is 5.56 Å². The third kappa shape index (κ3) is 3.26. The van der Waals surface area contributed by atoms with Crippen LogP contribution in [0.3, 0.4) is 0 Å². The van der Waals surface area contributed by atoms with E-state index in [0.717, 1.165) is 20.8 Å². The summed E-state index contributed by atoms with van der Waals surface area (Å²) >= 11 is 4.73. The van der Waals surface area contributed by atoms with Gasteiger partial charge in [0.1, 0.15) is 10.7 Å². The SMILES string of the molecule is Cc1sc2nc(CSCc3nc(-c4ccsc4)no3)[nH]c(=O)c2c1C. The Morgan fingerprint density at radius 3 is 2.96 bits per heavy atom. The quantitative estimate of drug-likeness (QED) is 0.551. The molecule has 4 aromatic heterocycles. The van der Waals surface area contributed by atoms with Gasteiger partial charge < -0.3 is 9.51 Å². The molecule has 25 heavy (non-hydrogen) atoms. The molecule has 128 valence electrons. The Morgan fingerprint density at radius 2 is 2.16 bits per heavy atom. The van der Waals surface area contributed by atoms with Crippen molar-refractivity contribution in [2.45, 2.75) is 25.4 Å². The third-order valence-electron chi connectivity index (χ3n) is 3.80. The third-order valence-corrected chi connectivity index (χ3v) is 6.51. The van der Waals surface area contributed by atoms with Crippen molar-refractivity contribution in [2.75, 3.05) is 0 Å². The molecule has 0 aliphatic rings. The number of rotatable bonds is 5. The van der Waals surface area contributed by atoms with Gasteiger partial charge in [-0.15, -0.1) is 23.1 Å². The molecule has 0 aliphatic heterocycles. The van der Waals surface area contributed by atoms with E-state index in [1.54, 1.807) is 34.4 Å². The summed E-state index contributed by atoms with van der Waals surface area (Å²) in [5.41, 5.74) is 1.91. The minimum absolute atomic E-state index is 0.0695. The molecule has 0 aliphatic carbocycles. The lowest BCUT2D eigenvalue weighted by Gasteiger charge is -1.99. The van der Waals surface area contributed by atoms with Gasteiger partial charge in [0.25, 0.3) is 5.56 Å². The molecule has 0 saturated heterocycles. The Balaban J connectivity index is 1.45. The van der Waals surface area contributed by atoms with Gasteiger partial charge in [0.15, 0.2) is 0 Å². The molecule has 0 unspecified atom stereocenters. The van der Waals surface area contributed by atoms with E-state index in [4.69, 9.17) is 4.52 Å². The van der Waals surface area contributed by atoms with Crippen molar-refractivity contribution in [1.29, 1.82) is 0 Å². The summed E-state index contributed by atoms with van der Waals surface area (Å²) in [7, 11) is 0. The van der Waals surface area contributed by atoms with E-state index in [0.29, 0.717) is 34.4 Å². The van der Waals surface area contributed by atoms with Crippen LogP contribution in [-0.2, 0) is 11.5 Å². The standard InChI is InChI=1S/C16H14N4O2S3/c1-8-9(2)25-16-13(8)15(21)17-11(18-16)6-24-7-12-19-14(20-22-12)10-3-4-23-5-10/h3-5H,6-7H2,1-2H3,(H,17,18,21). The Morgan fingerprint density at radius 1 is 1.28 bits per heavy atom. The number of aromatic amines is 1. The van der Waals surface area contributed by atoms with Crippen LogP contribution in [-0.4, -0.2) is 20.1 Å². The highest BCUT2D eigenvalue weighted by Crippen LogP contribution is 2.26. The van der Waals surface area contributed by atoms with Gasteiger partial charge in [0.05, 0.1) is 16.9 Å². The molecular weight excluding hydrogens is 376 g/mol. The van der Waals surface area contributed by atoms with Crippen molar-refractivity contribution in [2.24, 2.45) is 0 Å². The molecule has 4 aromatic rings. The minimum Gasteiger partial charge on any atom is -0.338 e. The summed E-state index contributed by atoms with van der Waals surface area (Å²) in [5, 5.41) is 8.65. The molecule has 0 spiro atoms. The Bertz CT molecular complexity index is 1080. The topological polar surface area (TPSA) is 84.7 Å². The zero-order valence-corrected chi connectivity index (χ0v) is 16.0. The number of aryl methyl sites for hydroxylation is 2. The molecule has 0 fully saturated rings. The van der Waals surface area contributed by atoms with Crippen LogP contribution in [0, 0.1) is 13.8 Å². The highest BCUT2D eigenvalue weighted by atomic mass is 32.2. The van der Waals surface area contributed by atoms with E-state index in [9.17, 15) is 4.79 Å². The number of H-pyrrole nitrogens is 1. The predicted octanol–water partition coefficient (Wildman–Crippen LogP) is 4.15. The van der Waals surface area contributed by atoms with Crippen molar-refractivity contribution in [1.82, 2.24) is 20.1 Å². The molecule has 0 atom stereocenters. The second-order valence-corrected chi connectivity index (χ2v) is 8.46. The normalized spacial score (nSPS) is 11.4. The summed E-state index contributed by atoms with van der Waals surface area (Å²) in [6.07, 6.45) is 0. The molecule has 1 N–H and O–H groups in total. The fourth-order valence-electron chi connectivity index (χ4n) is 2.43. The van der Waals surface area contributed by atoms with Gasteiger partial charge in [-0.3, -0.25) is 4.79 Å². The molecule has 9 heteroatoms. The summed E-state index contributed by atoms with van der Waals surface area (Å²) in [6.45, 7) is 3.97. The van der Waals surface area contributed by atoms with Gasteiger partial charge in [-0.1, -0.05) is 5.16 Å². The molecule has 0 amide bonds. The van der Waals surface area contributed by atoms with Crippen LogP contribution >= 0.6 is 34.4 Å². The van der Waals surface area contributed by atoms with Crippen molar-refractivity contribution < 1.29 is 4.52 Å². The second-order valence-electron chi connectivity index (χ2n) is 5.49. The van der Waals surface area contributed by atoms with Gasteiger partial charge in [0.2, 0.25) is 11.7 Å². The fourth-order valence-corrected chi connectivity index (χ4v) is 4.83. The maximum Gasteiger partial charge on any atom is 0.259 e. The zero-order valence-electron chi connectivity index (χ0n) is 13.5. The fraction of sp³-hybridized carbons (Fsp3) is 0.250. The lowest BCUT2D eigenvalue weighted by molar-refractivity contribution is 0.391.